The molecule has 0 aliphatic heterocycles. The summed E-state index contributed by atoms with van der Waals surface area (Å²) in [6, 6.07) is 0. The molecule has 2 aromatic heterocycles. The first-order chi connectivity index (χ1) is 7.65. The van der Waals surface area contributed by atoms with Gasteiger partial charge in [0.25, 0.3) is 0 Å². The normalized spacial score (nSPS) is 10.4. The molecule has 0 spiro atoms. The number of nitrogens with zero attached hydrogens (tertiary/aromatic N) is 3. The van der Waals surface area contributed by atoms with Gasteiger partial charge in [-0.2, -0.15) is 4.98 Å². The van der Waals surface area contributed by atoms with Crippen molar-refractivity contribution in [1.82, 2.24) is 15.0 Å². The Labute approximate surface area is 110 Å². The Kier molecular flexibility index (Phi) is 3.73. The fourth-order valence-corrected chi connectivity index (χ4v) is 2.29. The molecule has 4 nitrogen and oxygen atoms in total. The van der Waals surface area contributed by atoms with Gasteiger partial charge in [-0.1, -0.05) is 0 Å². The molecule has 0 aromatic carbocycles. The lowest BCUT2D eigenvalue weighted by Crippen LogP contribution is -2.02. The zero-order chi connectivity index (χ0) is 11.5. The molecule has 2 aromatic rings. The van der Waals surface area contributed by atoms with E-state index >= 15 is 0 Å². The molecule has 2 rings (SSSR count). The summed E-state index contributed by atoms with van der Waals surface area (Å²) < 4.78 is 0.783. The third kappa shape index (κ3) is 2.90. The maximum atomic E-state index is 5.71. The molecule has 7 heteroatoms. The summed E-state index contributed by atoms with van der Waals surface area (Å²) in [5.41, 5.74) is 1.03. The van der Waals surface area contributed by atoms with Crippen LogP contribution in [0.1, 0.15) is 10.7 Å². The van der Waals surface area contributed by atoms with Gasteiger partial charge in [0.2, 0.25) is 5.28 Å². The van der Waals surface area contributed by atoms with Crippen LogP contribution in [0.25, 0.3) is 0 Å². The van der Waals surface area contributed by atoms with Gasteiger partial charge in [0.05, 0.1) is 11.0 Å². The Bertz CT molecular complexity index is 502. The average Bonchev–Trinajstić information content (AvgIpc) is 2.66. The summed E-state index contributed by atoms with van der Waals surface area (Å²) in [4.78, 5) is 12.3. The molecule has 0 fully saturated rings. The molecule has 84 valence electrons. The van der Waals surface area contributed by atoms with Crippen LogP contribution < -0.4 is 5.32 Å². The van der Waals surface area contributed by atoms with E-state index in [9.17, 15) is 0 Å². The Hall–Kier alpha value is -0.720. The van der Waals surface area contributed by atoms with Crippen molar-refractivity contribution in [1.29, 1.82) is 0 Å². The maximum Gasteiger partial charge on any atom is 0.224 e. The number of nitrogens with one attached hydrogen (secondary N) is 1. The highest BCUT2D eigenvalue weighted by atomic mass is 79.9. The maximum absolute atomic E-state index is 5.71. The van der Waals surface area contributed by atoms with Crippen LogP contribution in [-0.2, 0) is 6.54 Å². The number of thiazole rings is 1. The molecule has 0 saturated heterocycles. The number of aromatic nitrogens is 3. The number of aryl methyl sites for hydroxylation is 1. The van der Waals surface area contributed by atoms with E-state index in [1.54, 1.807) is 17.5 Å². The second kappa shape index (κ2) is 5.07. The lowest BCUT2D eigenvalue weighted by molar-refractivity contribution is 1.04. The molecule has 0 aliphatic carbocycles. The van der Waals surface area contributed by atoms with Crippen molar-refractivity contribution in [2.75, 3.05) is 5.32 Å². The molecule has 0 saturated carbocycles. The summed E-state index contributed by atoms with van der Waals surface area (Å²) in [7, 11) is 0. The van der Waals surface area contributed by atoms with E-state index in [1.165, 1.54) is 0 Å². The fraction of sp³-hybridized carbons (Fsp3) is 0.222. The second-order valence-corrected chi connectivity index (χ2v) is 5.21. The Balaban J connectivity index is 2.07. The minimum absolute atomic E-state index is 0.223. The largest absolute Gasteiger partial charge is 0.362 e. The number of anilines is 1. The Morgan fingerprint density at radius 1 is 1.50 bits per heavy atom. The van der Waals surface area contributed by atoms with E-state index in [4.69, 9.17) is 11.6 Å². The second-order valence-electron chi connectivity index (χ2n) is 3.07. The van der Waals surface area contributed by atoms with Crippen molar-refractivity contribution in [2.45, 2.75) is 13.5 Å². The smallest absolute Gasteiger partial charge is 0.224 e. The van der Waals surface area contributed by atoms with E-state index in [1.807, 2.05) is 12.3 Å². The molecule has 16 heavy (non-hydrogen) atoms. The van der Waals surface area contributed by atoms with Gasteiger partial charge in [-0.05, 0) is 34.5 Å². The van der Waals surface area contributed by atoms with Crippen molar-refractivity contribution < 1.29 is 0 Å². The standard InChI is InChI=1S/C9H8BrClN4S/c1-5-4-16-7(14-5)3-12-8-6(10)2-13-9(11)15-8/h2,4H,3H2,1H3,(H,12,13,15). The minimum atomic E-state index is 0.223. The van der Waals surface area contributed by atoms with Gasteiger partial charge in [-0.15, -0.1) is 11.3 Å². The molecule has 0 aliphatic rings. The fourth-order valence-electron chi connectivity index (χ4n) is 1.11. The molecule has 0 unspecified atom stereocenters. The van der Waals surface area contributed by atoms with Crippen LogP contribution in [-0.4, -0.2) is 15.0 Å². The molecular weight excluding hydrogens is 312 g/mol. The lowest BCUT2D eigenvalue weighted by Gasteiger charge is -2.05. The third-order valence-corrected chi connectivity index (χ3v) is 3.52. The zero-order valence-corrected chi connectivity index (χ0v) is 11.5. The van der Waals surface area contributed by atoms with Crippen LogP contribution in [0.5, 0.6) is 0 Å². The SMILES string of the molecule is Cc1csc(CNc2nc(Cl)ncc2Br)n1. The monoisotopic (exact) mass is 318 g/mol. The lowest BCUT2D eigenvalue weighted by atomic mass is 10.5. The van der Waals surface area contributed by atoms with Crippen LogP contribution in [0.2, 0.25) is 5.28 Å². The third-order valence-electron chi connectivity index (χ3n) is 1.79. The van der Waals surface area contributed by atoms with Crippen molar-refractivity contribution in [2.24, 2.45) is 0 Å². The topological polar surface area (TPSA) is 50.7 Å². The average molecular weight is 320 g/mol. The number of hydrogen-bond donors (Lipinski definition) is 1. The predicted octanol–water partition coefficient (Wildman–Crippen LogP) is 3.27. The molecular formula is C9H8BrClN4S. The van der Waals surface area contributed by atoms with Gasteiger partial charge in [-0.25, -0.2) is 9.97 Å². The summed E-state index contributed by atoms with van der Waals surface area (Å²) in [6.45, 7) is 2.60. The predicted molar refractivity (Wildman–Crippen MR) is 68.9 cm³/mol. The molecule has 0 atom stereocenters. The summed E-state index contributed by atoms with van der Waals surface area (Å²) >= 11 is 10.7. The number of rotatable bonds is 3. The summed E-state index contributed by atoms with van der Waals surface area (Å²) in [5.74, 6) is 0.674. The quantitative estimate of drug-likeness (QED) is 0.882. The van der Waals surface area contributed by atoms with Crippen molar-refractivity contribution in [3.8, 4) is 0 Å². The first-order valence-corrected chi connectivity index (χ1v) is 6.53. The van der Waals surface area contributed by atoms with Crippen LogP contribution in [0.15, 0.2) is 16.0 Å². The zero-order valence-electron chi connectivity index (χ0n) is 8.37. The van der Waals surface area contributed by atoms with E-state index < -0.39 is 0 Å². The molecule has 0 radical (unpaired) electrons. The van der Waals surface area contributed by atoms with Crippen LogP contribution in [0.4, 0.5) is 5.82 Å². The van der Waals surface area contributed by atoms with Crippen molar-refractivity contribution in [3.63, 3.8) is 0 Å². The van der Waals surface area contributed by atoms with E-state index in [0.717, 1.165) is 15.2 Å². The van der Waals surface area contributed by atoms with Crippen molar-refractivity contribution >= 4 is 44.7 Å². The molecule has 1 N–H and O–H groups in total. The van der Waals surface area contributed by atoms with Crippen LogP contribution >= 0.6 is 38.9 Å². The highest BCUT2D eigenvalue weighted by molar-refractivity contribution is 9.10. The Morgan fingerprint density at radius 3 is 3.00 bits per heavy atom. The highest BCUT2D eigenvalue weighted by Crippen LogP contribution is 2.21. The van der Waals surface area contributed by atoms with Gasteiger partial charge >= 0.3 is 0 Å². The first kappa shape index (κ1) is 11.8. The van der Waals surface area contributed by atoms with E-state index in [2.05, 4.69) is 36.2 Å². The first-order valence-electron chi connectivity index (χ1n) is 4.48. The van der Waals surface area contributed by atoms with Crippen LogP contribution in [0, 0.1) is 6.92 Å². The summed E-state index contributed by atoms with van der Waals surface area (Å²) in [5, 5.41) is 6.40. The molecule has 0 amide bonds. The van der Waals surface area contributed by atoms with Gasteiger partial charge in [-0.3, -0.25) is 0 Å². The molecule has 0 bridgehead atoms. The van der Waals surface area contributed by atoms with E-state index in [-0.39, 0.29) is 5.28 Å². The summed E-state index contributed by atoms with van der Waals surface area (Å²) in [6.07, 6.45) is 1.62. The molecule has 2 heterocycles. The van der Waals surface area contributed by atoms with Gasteiger partial charge < -0.3 is 5.32 Å². The minimum Gasteiger partial charge on any atom is -0.362 e. The van der Waals surface area contributed by atoms with Gasteiger partial charge in [0, 0.05) is 17.3 Å². The van der Waals surface area contributed by atoms with Crippen LogP contribution in [0.3, 0.4) is 0 Å². The number of hydrogen-bond acceptors (Lipinski definition) is 5. The number of halogens is 2. The van der Waals surface area contributed by atoms with Crippen molar-refractivity contribution in [3.05, 3.63) is 32.0 Å². The highest BCUT2D eigenvalue weighted by Gasteiger charge is 2.04. The van der Waals surface area contributed by atoms with Gasteiger partial charge in [0.15, 0.2) is 0 Å². The Morgan fingerprint density at radius 2 is 2.31 bits per heavy atom. The van der Waals surface area contributed by atoms with Gasteiger partial charge in [0.1, 0.15) is 10.8 Å². The van der Waals surface area contributed by atoms with E-state index in [0.29, 0.717) is 12.4 Å².